The van der Waals surface area contributed by atoms with Gasteiger partial charge in [-0.05, 0) is 66.8 Å². The Morgan fingerprint density at radius 2 is 1.79 bits per heavy atom. The summed E-state index contributed by atoms with van der Waals surface area (Å²) in [5, 5.41) is 24.5. The number of nitrogens with zero attached hydrogens (tertiary/aromatic N) is 2. The van der Waals surface area contributed by atoms with Crippen LogP contribution in [0.5, 0.6) is 17.4 Å². The molecule has 2 fully saturated rings. The van der Waals surface area contributed by atoms with E-state index in [2.05, 4.69) is 15.5 Å². The fourth-order valence-corrected chi connectivity index (χ4v) is 4.39. The van der Waals surface area contributed by atoms with E-state index in [1.54, 1.807) is 13.2 Å². The molecule has 2 atom stereocenters. The van der Waals surface area contributed by atoms with Crippen LogP contribution in [0.3, 0.4) is 0 Å². The van der Waals surface area contributed by atoms with Crippen LogP contribution in [-0.4, -0.2) is 40.6 Å². The van der Waals surface area contributed by atoms with Crippen LogP contribution in [-0.2, 0) is 0 Å². The molecule has 5 rings (SSSR count). The molecular formula is C22H23N3O3. The van der Waals surface area contributed by atoms with E-state index in [1.165, 1.54) is 12.8 Å². The predicted octanol–water partition coefficient (Wildman–Crippen LogP) is 3.67. The van der Waals surface area contributed by atoms with Gasteiger partial charge in [0.05, 0.1) is 12.8 Å². The summed E-state index contributed by atoms with van der Waals surface area (Å²) in [4.78, 5) is 0. The number of nitrogens with one attached hydrogen (secondary N) is 1. The lowest BCUT2D eigenvalue weighted by atomic mass is 10.0. The highest BCUT2D eigenvalue weighted by Crippen LogP contribution is 2.34. The van der Waals surface area contributed by atoms with Crippen LogP contribution in [0.2, 0.25) is 0 Å². The molecule has 2 unspecified atom stereocenters. The molecule has 6 heteroatoms. The number of hydrogen-bond donors (Lipinski definition) is 2. The number of ether oxygens (including phenoxy) is 2. The molecule has 28 heavy (non-hydrogen) atoms. The predicted molar refractivity (Wildman–Crippen MR) is 107 cm³/mol. The summed E-state index contributed by atoms with van der Waals surface area (Å²) in [6, 6.07) is 14.2. The standard InChI is InChI=1S/C22H23N3O3/c1-27-17-5-2-13-9-19(21(26)10-14(13)8-17)20-6-7-22(25-24-20)28-18-11-15-3-4-16(12-18)23-15/h2,5-10,15-16,18,23,26H,3-4,11-12H2,1H3. The number of rotatable bonds is 4. The minimum Gasteiger partial charge on any atom is -0.507 e. The first-order valence-electron chi connectivity index (χ1n) is 9.75. The zero-order valence-electron chi connectivity index (χ0n) is 15.8. The Balaban J connectivity index is 1.37. The SMILES string of the molecule is COc1ccc2cc(-c3ccc(OC4CC5CCC(C4)N5)nn3)c(O)cc2c1. The van der Waals surface area contributed by atoms with E-state index in [0.717, 1.165) is 29.4 Å². The Hall–Kier alpha value is -2.86. The second-order valence-electron chi connectivity index (χ2n) is 7.69. The molecule has 0 saturated carbocycles. The molecule has 3 aromatic rings. The van der Waals surface area contributed by atoms with Crippen molar-refractivity contribution in [3.05, 3.63) is 42.5 Å². The average molecular weight is 377 g/mol. The third kappa shape index (κ3) is 3.24. The first-order chi connectivity index (χ1) is 13.7. The number of phenolic OH excluding ortho intramolecular Hbond substituents is 1. The van der Waals surface area contributed by atoms with Crippen LogP contribution in [0, 0.1) is 0 Å². The maximum absolute atomic E-state index is 10.5. The summed E-state index contributed by atoms with van der Waals surface area (Å²) in [7, 11) is 1.63. The fraction of sp³-hybridized carbons (Fsp3) is 0.364. The van der Waals surface area contributed by atoms with Gasteiger partial charge in [-0.25, -0.2) is 0 Å². The van der Waals surface area contributed by atoms with Gasteiger partial charge in [-0.3, -0.25) is 0 Å². The normalized spacial score (nSPS) is 23.7. The molecule has 144 valence electrons. The number of fused-ring (bicyclic) bond motifs is 3. The summed E-state index contributed by atoms with van der Waals surface area (Å²) in [6.07, 6.45) is 4.72. The van der Waals surface area contributed by atoms with Gasteiger partial charge in [0, 0.05) is 23.7 Å². The van der Waals surface area contributed by atoms with E-state index in [-0.39, 0.29) is 11.9 Å². The van der Waals surface area contributed by atoms with Gasteiger partial charge in [-0.15, -0.1) is 10.2 Å². The Labute approximate surface area is 163 Å². The number of hydrogen-bond acceptors (Lipinski definition) is 6. The largest absolute Gasteiger partial charge is 0.507 e. The number of phenols is 1. The van der Waals surface area contributed by atoms with Crippen molar-refractivity contribution in [3.8, 4) is 28.6 Å². The fourth-order valence-electron chi connectivity index (χ4n) is 4.39. The van der Waals surface area contributed by atoms with Crippen LogP contribution >= 0.6 is 0 Å². The highest BCUT2D eigenvalue weighted by atomic mass is 16.5. The summed E-state index contributed by atoms with van der Waals surface area (Å²) >= 11 is 0. The molecular weight excluding hydrogens is 354 g/mol. The second kappa shape index (κ2) is 6.95. The van der Waals surface area contributed by atoms with Crippen molar-refractivity contribution < 1.29 is 14.6 Å². The van der Waals surface area contributed by atoms with Gasteiger partial charge < -0.3 is 19.9 Å². The molecule has 2 aliphatic heterocycles. The number of benzene rings is 2. The van der Waals surface area contributed by atoms with Crippen LogP contribution < -0.4 is 14.8 Å². The summed E-state index contributed by atoms with van der Waals surface area (Å²) in [6.45, 7) is 0. The summed E-state index contributed by atoms with van der Waals surface area (Å²) < 4.78 is 11.3. The molecule has 1 aromatic heterocycles. The number of aromatic hydroxyl groups is 1. The third-order valence-corrected chi connectivity index (χ3v) is 5.80. The maximum Gasteiger partial charge on any atom is 0.233 e. The highest BCUT2D eigenvalue weighted by molar-refractivity contribution is 5.90. The van der Waals surface area contributed by atoms with Gasteiger partial charge in [0.25, 0.3) is 0 Å². The quantitative estimate of drug-likeness (QED) is 0.722. The number of aromatic nitrogens is 2. The zero-order chi connectivity index (χ0) is 19.1. The van der Waals surface area contributed by atoms with Crippen LogP contribution in [0.15, 0.2) is 42.5 Å². The van der Waals surface area contributed by atoms with Crippen LogP contribution in [0.25, 0.3) is 22.0 Å². The highest BCUT2D eigenvalue weighted by Gasteiger charge is 2.34. The molecule has 2 saturated heterocycles. The van der Waals surface area contributed by atoms with Crippen molar-refractivity contribution in [2.45, 2.75) is 43.9 Å². The summed E-state index contributed by atoms with van der Waals surface area (Å²) in [5.74, 6) is 1.46. The lowest BCUT2D eigenvalue weighted by Crippen LogP contribution is -2.42. The zero-order valence-corrected chi connectivity index (χ0v) is 15.8. The van der Waals surface area contributed by atoms with E-state index >= 15 is 0 Å². The molecule has 2 N–H and O–H groups in total. The van der Waals surface area contributed by atoms with E-state index < -0.39 is 0 Å². The minimum absolute atomic E-state index is 0.165. The third-order valence-electron chi connectivity index (χ3n) is 5.80. The van der Waals surface area contributed by atoms with Gasteiger partial charge in [0.2, 0.25) is 5.88 Å². The molecule has 0 amide bonds. The van der Waals surface area contributed by atoms with Crippen molar-refractivity contribution in [2.24, 2.45) is 0 Å². The molecule has 2 aliphatic rings. The van der Waals surface area contributed by atoms with E-state index in [0.29, 0.717) is 29.2 Å². The van der Waals surface area contributed by atoms with E-state index in [4.69, 9.17) is 9.47 Å². The Bertz CT molecular complexity index is 994. The van der Waals surface area contributed by atoms with Crippen LogP contribution in [0.4, 0.5) is 0 Å². The number of methoxy groups -OCH3 is 1. The van der Waals surface area contributed by atoms with Gasteiger partial charge in [-0.1, -0.05) is 6.07 Å². The molecule has 6 nitrogen and oxygen atoms in total. The molecule has 2 bridgehead atoms. The van der Waals surface area contributed by atoms with E-state index in [9.17, 15) is 5.11 Å². The van der Waals surface area contributed by atoms with Crippen molar-refractivity contribution in [2.75, 3.05) is 7.11 Å². The molecule has 0 aliphatic carbocycles. The van der Waals surface area contributed by atoms with Gasteiger partial charge in [0.1, 0.15) is 17.6 Å². The van der Waals surface area contributed by atoms with Crippen molar-refractivity contribution in [1.29, 1.82) is 0 Å². The first-order valence-corrected chi connectivity index (χ1v) is 9.75. The maximum atomic E-state index is 10.5. The lowest BCUT2D eigenvalue weighted by molar-refractivity contribution is 0.130. The second-order valence-corrected chi connectivity index (χ2v) is 7.69. The number of piperidine rings is 1. The van der Waals surface area contributed by atoms with Gasteiger partial charge >= 0.3 is 0 Å². The van der Waals surface area contributed by atoms with Crippen LogP contribution in [0.1, 0.15) is 25.7 Å². The molecule has 2 aromatic carbocycles. The monoisotopic (exact) mass is 377 g/mol. The Morgan fingerprint density at radius 3 is 2.50 bits per heavy atom. The lowest BCUT2D eigenvalue weighted by Gasteiger charge is -2.28. The average Bonchev–Trinajstić information content (AvgIpc) is 3.06. The minimum atomic E-state index is 0.165. The smallest absolute Gasteiger partial charge is 0.233 e. The van der Waals surface area contributed by atoms with Crippen molar-refractivity contribution in [3.63, 3.8) is 0 Å². The molecule has 0 radical (unpaired) electrons. The molecule has 3 heterocycles. The topological polar surface area (TPSA) is 76.5 Å². The summed E-state index contributed by atoms with van der Waals surface area (Å²) in [5.41, 5.74) is 1.27. The van der Waals surface area contributed by atoms with Gasteiger partial charge in [-0.2, -0.15) is 0 Å². The van der Waals surface area contributed by atoms with E-state index in [1.807, 2.05) is 36.4 Å². The first kappa shape index (κ1) is 17.3. The van der Waals surface area contributed by atoms with Gasteiger partial charge in [0.15, 0.2) is 0 Å². The Morgan fingerprint density at radius 1 is 0.964 bits per heavy atom. The van der Waals surface area contributed by atoms with Crippen molar-refractivity contribution >= 4 is 10.8 Å². The Kier molecular flexibility index (Phi) is 4.28. The molecule has 0 spiro atoms. The van der Waals surface area contributed by atoms with Crippen molar-refractivity contribution in [1.82, 2.24) is 15.5 Å².